The number of nitrogens with one attached hydrogen (secondary N) is 1. The molecule has 2 aliphatic rings. The number of ether oxygens (including phenoxy) is 1. The van der Waals surface area contributed by atoms with Crippen LogP contribution in [0, 0.1) is 6.92 Å². The van der Waals surface area contributed by atoms with Gasteiger partial charge in [0.05, 0.1) is 11.7 Å². The average Bonchev–Trinajstić information content (AvgIpc) is 3.48. The summed E-state index contributed by atoms with van der Waals surface area (Å²) in [5.41, 5.74) is 6.67. The number of nitrogens with zero attached hydrogens (tertiary/aromatic N) is 2. The molecule has 5 nitrogen and oxygen atoms in total. The van der Waals surface area contributed by atoms with E-state index in [2.05, 4.69) is 58.4 Å². The van der Waals surface area contributed by atoms with Gasteiger partial charge in [0.15, 0.2) is 0 Å². The number of aromatic nitrogens is 2. The van der Waals surface area contributed by atoms with Crippen molar-refractivity contribution in [1.29, 1.82) is 0 Å². The first-order chi connectivity index (χ1) is 18.1. The SMILES string of the molecule is Cc1ccc(-c2n[nH]c3c2C(c2ccc(OCc4ccccc4Cl)cc2)N(C2CCCCC2)C3=O)cc1. The van der Waals surface area contributed by atoms with E-state index in [1.807, 2.05) is 36.4 Å². The number of halogens is 1. The van der Waals surface area contributed by atoms with Crippen LogP contribution in [0.4, 0.5) is 0 Å². The van der Waals surface area contributed by atoms with Crippen molar-refractivity contribution in [3.63, 3.8) is 0 Å². The summed E-state index contributed by atoms with van der Waals surface area (Å²) in [5.74, 6) is 0.820. The summed E-state index contributed by atoms with van der Waals surface area (Å²) in [5, 5.41) is 8.41. The molecule has 1 aromatic heterocycles. The molecule has 188 valence electrons. The van der Waals surface area contributed by atoms with Crippen LogP contribution in [0.25, 0.3) is 11.3 Å². The Balaban J connectivity index is 1.35. The normalized spacial score (nSPS) is 17.7. The lowest BCUT2D eigenvalue weighted by Gasteiger charge is -2.36. The molecule has 1 unspecified atom stereocenters. The Labute approximate surface area is 222 Å². The second kappa shape index (κ2) is 10.1. The number of carbonyl (C=O) groups is 1. The van der Waals surface area contributed by atoms with E-state index >= 15 is 0 Å². The zero-order valence-electron chi connectivity index (χ0n) is 20.9. The maximum atomic E-state index is 13.8. The molecule has 4 aromatic rings. The van der Waals surface area contributed by atoms with Crippen molar-refractivity contribution in [2.75, 3.05) is 0 Å². The molecular formula is C31H30ClN3O2. The standard InChI is InChI=1S/C31H30ClN3O2/c1-20-11-13-21(14-12-20)28-27-29(34-33-28)31(36)35(24-8-3-2-4-9-24)30(27)22-15-17-25(18-16-22)37-19-23-7-5-6-10-26(23)32/h5-7,10-18,24,30H,2-4,8-9,19H2,1H3,(H,33,34). The zero-order valence-corrected chi connectivity index (χ0v) is 21.7. The van der Waals surface area contributed by atoms with Crippen LogP contribution in [-0.2, 0) is 6.61 Å². The Bertz CT molecular complexity index is 1410. The van der Waals surface area contributed by atoms with Gasteiger partial charge in [-0.15, -0.1) is 0 Å². The van der Waals surface area contributed by atoms with Crippen molar-refractivity contribution in [1.82, 2.24) is 15.1 Å². The predicted molar refractivity (Wildman–Crippen MR) is 146 cm³/mol. The molecular weight excluding hydrogens is 482 g/mol. The topological polar surface area (TPSA) is 58.2 Å². The van der Waals surface area contributed by atoms with E-state index in [-0.39, 0.29) is 18.0 Å². The monoisotopic (exact) mass is 511 g/mol. The van der Waals surface area contributed by atoms with Gasteiger partial charge in [0.1, 0.15) is 18.1 Å². The van der Waals surface area contributed by atoms with Crippen molar-refractivity contribution in [3.05, 3.63) is 106 Å². The number of rotatable bonds is 6. The van der Waals surface area contributed by atoms with Gasteiger partial charge in [-0.3, -0.25) is 9.89 Å². The van der Waals surface area contributed by atoms with E-state index < -0.39 is 0 Å². The molecule has 0 saturated heterocycles. The lowest BCUT2D eigenvalue weighted by atomic mass is 9.91. The molecule has 1 fully saturated rings. The summed E-state index contributed by atoms with van der Waals surface area (Å²) in [6, 6.07) is 24.2. The van der Waals surface area contributed by atoms with E-state index in [0.29, 0.717) is 17.3 Å². The summed E-state index contributed by atoms with van der Waals surface area (Å²) < 4.78 is 6.03. The first-order valence-corrected chi connectivity index (χ1v) is 13.4. The van der Waals surface area contributed by atoms with Crippen LogP contribution in [-0.4, -0.2) is 27.0 Å². The smallest absolute Gasteiger partial charge is 0.273 e. The minimum absolute atomic E-state index is 0.0526. The van der Waals surface area contributed by atoms with Crippen LogP contribution in [0.15, 0.2) is 72.8 Å². The molecule has 6 heteroatoms. The van der Waals surface area contributed by atoms with E-state index in [9.17, 15) is 4.79 Å². The third-order valence-electron chi connectivity index (χ3n) is 7.65. The molecule has 1 atom stereocenters. The number of H-pyrrole nitrogens is 1. The highest BCUT2D eigenvalue weighted by Gasteiger charge is 2.45. The Morgan fingerprint density at radius 3 is 2.43 bits per heavy atom. The average molecular weight is 512 g/mol. The van der Waals surface area contributed by atoms with Gasteiger partial charge in [-0.2, -0.15) is 5.10 Å². The maximum Gasteiger partial charge on any atom is 0.273 e. The lowest BCUT2D eigenvalue weighted by molar-refractivity contribution is 0.0606. The van der Waals surface area contributed by atoms with Gasteiger partial charge >= 0.3 is 0 Å². The number of aryl methyl sites for hydroxylation is 1. The van der Waals surface area contributed by atoms with Gasteiger partial charge in [-0.1, -0.05) is 91.0 Å². The Hall–Kier alpha value is -3.57. The number of carbonyl (C=O) groups excluding carboxylic acids is 1. The molecule has 6 rings (SSSR count). The van der Waals surface area contributed by atoms with Gasteiger partial charge in [0.25, 0.3) is 5.91 Å². The van der Waals surface area contributed by atoms with Crippen LogP contribution in [0.5, 0.6) is 5.75 Å². The number of benzene rings is 3. The summed E-state index contributed by atoms with van der Waals surface area (Å²) >= 11 is 6.29. The Kier molecular flexibility index (Phi) is 6.47. The quantitative estimate of drug-likeness (QED) is 0.291. The van der Waals surface area contributed by atoms with Crippen LogP contribution >= 0.6 is 11.6 Å². The maximum absolute atomic E-state index is 13.8. The minimum Gasteiger partial charge on any atom is -0.489 e. The summed E-state index contributed by atoms with van der Waals surface area (Å²) in [6.07, 6.45) is 5.64. The molecule has 1 aliphatic heterocycles. The van der Waals surface area contributed by atoms with Crippen molar-refractivity contribution in [3.8, 4) is 17.0 Å². The third kappa shape index (κ3) is 4.53. The first kappa shape index (κ1) is 23.8. The predicted octanol–water partition coefficient (Wildman–Crippen LogP) is 7.50. The number of amides is 1. The van der Waals surface area contributed by atoms with Crippen molar-refractivity contribution >= 4 is 17.5 Å². The summed E-state index contributed by atoms with van der Waals surface area (Å²) in [6.45, 7) is 2.48. The van der Waals surface area contributed by atoms with Crippen molar-refractivity contribution < 1.29 is 9.53 Å². The second-order valence-corrected chi connectivity index (χ2v) is 10.5. The number of aromatic amines is 1. The molecule has 1 saturated carbocycles. The lowest BCUT2D eigenvalue weighted by Crippen LogP contribution is -2.40. The molecule has 0 bridgehead atoms. The van der Waals surface area contributed by atoms with E-state index in [1.54, 1.807) is 0 Å². The molecule has 2 heterocycles. The fraction of sp³-hybridized carbons (Fsp3) is 0.290. The highest BCUT2D eigenvalue weighted by Crippen LogP contribution is 2.46. The van der Waals surface area contributed by atoms with E-state index in [0.717, 1.165) is 59.4 Å². The van der Waals surface area contributed by atoms with Crippen LogP contribution in [0.1, 0.15) is 70.9 Å². The van der Waals surface area contributed by atoms with Gasteiger partial charge in [0.2, 0.25) is 0 Å². The van der Waals surface area contributed by atoms with Crippen LogP contribution in [0.2, 0.25) is 5.02 Å². The van der Waals surface area contributed by atoms with Crippen LogP contribution < -0.4 is 4.74 Å². The van der Waals surface area contributed by atoms with E-state index in [1.165, 1.54) is 12.0 Å². The first-order valence-electron chi connectivity index (χ1n) is 13.0. The molecule has 3 aromatic carbocycles. The summed E-state index contributed by atoms with van der Waals surface area (Å²) in [4.78, 5) is 15.9. The van der Waals surface area contributed by atoms with E-state index in [4.69, 9.17) is 16.3 Å². The van der Waals surface area contributed by atoms with Gasteiger partial charge in [-0.05, 0) is 43.5 Å². The summed E-state index contributed by atoms with van der Waals surface area (Å²) in [7, 11) is 0. The molecule has 1 aliphatic carbocycles. The zero-order chi connectivity index (χ0) is 25.4. The number of hydrogen-bond donors (Lipinski definition) is 1. The van der Waals surface area contributed by atoms with Crippen molar-refractivity contribution in [2.24, 2.45) is 0 Å². The molecule has 37 heavy (non-hydrogen) atoms. The number of hydrogen-bond acceptors (Lipinski definition) is 3. The molecule has 0 radical (unpaired) electrons. The van der Waals surface area contributed by atoms with Crippen molar-refractivity contribution in [2.45, 2.75) is 57.7 Å². The Morgan fingerprint density at radius 2 is 1.70 bits per heavy atom. The third-order valence-corrected chi connectivity index (χ3v) is 8.01. The number of fused-ring (bicyclic) bond motifs is 1. The fourth-order valence-electron chi connectivity index (χ4n) is 5.68. The largest absolute Gasteiger partial charge is 0.489 e. The van der Waals surface area contributed by atoms with Crippen LogP contribution in [0.3, 0.4) is 0 Å². The van der Waals surface area contributed by atoms with Gasteiger partial charge in [-0.25, -0.2) is 0 Å². The highest BCUT2D eigenvalue weighted by molar-refractivity contribution is 6.31. The highest BCUT2D eigenvalue weighted by atomic mass is 35.5. The molecule has 1 N–H and O–H groups in total. The van der Waals surface area contributed by atoms with Gasteiger partial charge in [0, 0.05) is 27.8 Å². The minimum atomic E-state index is -0.182. The second-order valence-electron chi connectivity index (χ2n) is 10.1. The Morgan fingerprint density at radius 1 is 0.973 bits per heavy atom. The fourth-order valence-corrected chi connectivity index (χ4v) is 5.87. The molecule has 1 amide bonds. The van der Waals surface area contributed by atoms with Gasteiger partial charge < -0.3 is 9.64 Å². The molecule has 0 spiro atoms.